The summed E-state index contributed by atoms with van der Waals surface area (Å²) in [5.74, 6) is -3.49. The van der Waals surface area contributed by atoms with Crippen LogP contribution in [0.5, 0.6) is 0 Å². The number of nitrogens with one attached hydrogen (secondary N) is 1. The fraction of sp³-hybridized carbons (Fsp3) is 0.394. The Morgan fingerprint density at radius 2 is 1.70 bits per heavy atom. The van der Waals surface area contributed by atoms with Crippen molar-refractivity contribution in [1.29, 1.82) is 0 Å². The molecule has 14 heteroatoms. The minimum Gasteiger partial charge on any atom is -0.478 e. The Kier molecular flexibility index (Phi) is 10.8. The molecule has 0 spiro atoms. The van der Waals surface area contributed by atoms with Crippen molar-refractivity contribution in [1.82, 2.24) is 15.2 Å². The summed E-state index contributed by atoms with van der Waals surface area (Å²) < 4.78 is 51.8. The summed E-state index contributed by atoms with van der Waals surface area (Å²) in [4.78, 5) is 41.0. The number of pyridine rings is 1. The number of hydrogen-bond acceptors (Lipinski definition) is 8. The maximum atomic E-state index is 13.0. The second-order valence-electron chi connectivity index (χ2n) is 11.4. The van der Waals surface area contributed by atoms with Gasteiger partial charge in [0.15, 0.2) is 6.29 Å². The molecule has 3 aromatic rings. The molecular weight excluding hydrogens is 639 g/mol. The molecule has 5 rings (SSSR count). The molecule has 0 radical (unpaired) electrons. The number of ether oxygens (including phenoxy) is 2. The van der Waals surface area contributed by atoms with Crippen LogP contribution in [0, 0.1) is 5.92 Å². The second kappa shape index (κ2) is 14.8. The average molecular weight is 674 g/mol. The van der Waals surface area contributed by atoms with Crippen LogP contribution >= 0.6 is 11.8 Å². The highest BCUT2D eigenvalue weighted by molar-refractivity contribution is 7.99. The summed E-state index contributed by atoms with van der Waals surface area (Å²) in [6.45, 7) is 1.81. The van der Waals surface area contributed by atoms with E-state index < -0.39 is 42.4 Å². The minimum atomic E-state index is -5.04. The van der Waals surface area contributed by atoms with Gasteiger partial charge in [-0.15, -0.1) is 11.8 Å². The monoisotopic (exact) mass is 673 g/mol. The molecule has 0 aliphatic carbocycles. The van der Waals surface area contributed by atoms with E-state index in [2.05, 4.69) is 10.3 Å². The maximum absolute atomic E-state index is 13.0. The number of likely N-dealkylation sites (tertiary alicyclic amines) is 1. The first-order valence-electron chi connectivity index (χ1n) is 15.0. The third-order valence-corrected chi connectivity index (χ3v) is 9.38. The average Bonchev–Trinajstić information content (AvgIpc) is 3.56. The molecule has 2 aliphatic heterocycles. The fourth-order valence-corrected chi connectivity index (χ4v) is 6.83. The molecule has 47 heavy (non-hydrogen) atoms. The summed E-state index contributed by atoms with van der Waals surface area (Å²) in [5, 5.41) is 22.1. The summed E-state index contributed by atoms with van der Waals surface area (Å²) in [6, 6.07) is 16.3. The highest BCUT2D eigenvalue weighted by Gasteiger charge is 2.47. The van der Waals surface area contributed by atoms with Crippen LogP contribution in [0.1, 0.15) is 64.8 Å². The Morgan fingerprint density at radius 3 is 2.36 bits per heavy atom. The number of hydrogen-bond donors (Lipinski definition) is 3. The SMILES string of the molecule is CC1C(CSc2ncccc2C(=O)O)OC(c2ccc(CNC(=O)C3CCCN3C(=O)C(F)(F)F)cc2)OC1c1ccc(CO)cc1. The highest BCUT2D eigenvalue weighted by atomic mass is 32.2. The third-order valence-electron chi connectivity index (χ3n) is 8.29. The van der Waals surface area contributed by atoms with Crippen LogP contribution in [0.2, 0.25) is 0 Å². The van der Waals surface area contributed by atoms with Gasteiger partial charge in [0.05, 0.1) is 24.4 Å². The first-order chi connectivity index (χ1) is 22.5. The minimum absolute atomic E-state index is 0.0438. The number of carboxylic acid groups (broad SMARTS) is 1. The van der Waals surface area contributed by atoms with Crippen LogP contribution in [0.3, 0.4) is 0 Å². The zero-order valence-corrected chi connectivity index (χ0v) is 26.2. The van der Waals surface area contributed by atoms with Gasteiger partial charge in [0.1, 0.15) is 11.1 Å². The molecule has 2 aromatic carbocycles. The van der Waals surface area contributed by atoms with E-state index in [1.54, 1.807) is 30.3 Å². The van der Waals surface area contributed by atoms with Gasteiger partial charge >= 0.3 is 18.1 Å². The van der Waals surface area contributed by atoms with E-state index in [0.717, 1.165) is 11.1 Å². The summed E-state index contributed by atoms with van der Waals surface area (Å²) >= 11 is 1.28. The largest absolute Gasteiger partial charge is 0.478 e. The Bertz CT molecular complexity index is 1570. The van der Waals surface area contributed by atoms with Crippen molar-refractivity contribution < 1.29 is 47.2 Å². The first-order valence-corrected chi connectivity index (χ1v) is 16.0. The molecule has 0 bridgehead atoms. The van der Waals surface area contributed by atoms with Gasteiger partial charge in [-0.05, 0) is 41.7 Å². The number of carbonyl (C=O) groups excluding carboxylic acids is 2. The van der Waals surface area contributed by atoms with Gasteiger partial charge in [0, 0.05) is 36.5 Å². The van der Waals surface area contributed by atoms with Gasteiger partial charge in [-0.1, -0.05) is 55.5 Å². The van der Waals surface area contributed by atoms with Crippen LogP contribution in [0.25, 0.3) is 0 Å². The maximum Gasteiger partial charge on any atom is 0.471 e. The molecule has 3 heterocycles. The van der Waals surface area contributed by atoms with Crippen molar-refractivity contribution in [2.24, 2.45) is 5.92 Å². The van der Waals surface area contributed by atoms with E-state index in [-0.39, 0.29) is 43.7 Å². The van der Waals surface area contributed by atoms with E-state index in [4.69, 9.17) is 9.47 Å². The highest BCUT2D eigenvalue weighted by Crippen LogP contribution is 2.43. The predicted octanol–water partition coefficient (Wildman–Crippen LogP) is 5.03. The van der Waals surface area contributed by atoms with E-state index in [9.17, 15) is 37.8 Å². The number of halogens is 3. The van der Waals surface area contributed by atoms with Crippen molar-refractivity contribution in [3.05, 3.63) is 94.7 Å². The Morgan fingerprint density at radius 1 is 1.02 bits per heavy atom. The Hall–Kier alpha value is -3.98. The Labute approximate surface area is 273 Å². The molecule has 5 atom stereocenters. The summed E-state index contributed by atoms with van der Waals surface area (Å²) in [6.07, 6.45) is -4.62. The van der Waals surface area contributed by atoms with Crippen LogP contribution < -0.4 is 5.32 Å². The lowest BCUT2D eigenvalue weighted by Gasteiger charge is -2.41. The zero-order chi connectivity index (χ0) is 33.7. The third kappa shape index (κ3) is 8.12. The molecular formula is C33H34F3N3O7S. The number of carbonyl (C=O) groups is 3. The van der Waals surface area contributed by atoms with E-state index >= 15 is 0 Å². The second-order valence-corrected chi connectivity index (χ2v) is 12.4. The van der Waals surface area contributed by atoms with Crippen molar-refractivity contribution in [2.75, 3.05) is 12.3 Å². The molecule has 5 unspecified atom stereocenters. The zero-order valence-electron chi connectivity index (χ0n) is 25.4. The van der Waals surface area contributed by atoms with Crippen molar-refractivity contribution in [3.63, 3.8) is 0 Å². The normalized spacial score (nSPS) is 23.0. The number of benzene rings is 2. The lowest BCUT2D eigenvalue weighted by atomic mass is 9.91. The predicted molar refractivity (Wildman–Crippen MR) is 164 cm³/mol. The molecule has 10 nitrogen and oxygen atoms in total. The quantitative estimate of drug-likeness (QED) is 0.253. The number of nitrogens with zero attached hydrogens (tertiary/aromatic N) is 2. The van der Waals surface area contributed by atoms with E-state index in [0.29, 0.717) is 33.2 Å². The van der Waals surface area contributed by atoms with E-state index in [1.807, 2.05) is 31.2 Å². The Balaban J connectivity index is 1.29. The number of alkyl halides is 3. The lowest BCUT2D eigenvalue weighted by Crippen LogP contribution is -2.50. The van der Waals surface area contributed by atoms with Crippen molar-refractivity contribution >= 4 is 29.5 Å². The van der Waals surface area contributed by atoms with E-state index in [1.165, 1.54) is 24.0 Å². The number of aliphatic hydroxyl groups excluding tert-OH is 1. The van der Waals surface area contributed by atoms with Crippen LogP contribution in [0.4, 0.5) is 13.2 Å². The molecule has 2 saturated heterocycles. The van der Waals surface area contributed by atoms with Gasteiger partial charge in [0.2, 0.25) is 5.91 Å². The van der Waals surface area contributed by atoms with Crippen LogP contribution in [-0.4, -0.2) is 68.5 Å². The number of aromatic carboxylic acids is 1. The topological polar surface area (TPSA) is 138 Å². The standard InChI is InChI=1S/C33H34F3N3O7S/c1-19-26(18-47-29-24(30(42)43)4-2-14-37-29)45-31(46-27(19)22-10-8-21(17-40)9-11-22)23-12-6-20(7-13-23)16-38-28(41)25-5-3-15-39(25)32(44)33(34,35)36/h2,4,6-14,19,25-27,31,40H,3,5,15-18H2,1H3,(H,38,41)(H,42,43). The van der Waals surface area contributed by atoms with Gasteiger partial charge in [0.25, 0.3) is 0 Å². The first kappa shape index (κ1) is 34.4. The van der Waals surface area contributed by atoms with Gasteiger partial charge in [-0.2, -0.15) is 13.2 Å². The van der Waals surface area contributed by atoms with Crippen LogP contribution in [-0.2, 0) is 32.2 Å². The molecule has 3 N–H and O–H groups in total. The number of aromatic nitrogens is 1. The van der Waals surface area contributed by atoms with Gasteiger partial charge < -0.3 is 29.9 Å². The van der Waals surface area contributed by atoms with Crippen molar-refractivity contribution in [2.45, 2.75) is 68.7 Å². The summed E-state index contributed by atoms with van der Waals surface area (Å²) in [5.41, 5.74) is 3.09. The fourth-order valence-electron chi connectivity index (χ4n) is 5.68. The smallest absolute Gasteiger partial charge is 0.471 e. The molecule has 2 amide bonds. The number of rotatable bonds is 10. The molecule has 2 aliphatic rings. The lowest BCUT2D eigenvalue weighted by molar-refractivity contribution is -0.268. The van der Waals surface area contributed by atoms with Gasteiger partial charge in [-0.25, -0.2) is 9.78 Å². The molecule has 1 aromatic heterocycles. The van der Waals surface area contributed by atoms with Gasteiger partial charge in [-0.3, -0.25) is 9.59 Å². The molecule has 0 saturated carbocycles. The number of amides is 2. The molecule has 2 fully saturated rings. The number of thioether (sulfide) groups is 1. The number of aliphatic hydroxyl groups is 1. The molecule has 250 valence electrons. The number of carboxylic acids is 1. The van der Waals surface area contributed by atoms with Crippen LogP contribution in [0.15, 0.2) is 71.9 Å². The summed E-state index contributed by atoms with van der Waals surface area (Å²) in [7, 11) is 0. The van der Waals surface area contributed by atoms with Crippen molar-refractivity contribution in [3.8, 4) is 0 Å².